The lowest BCUT2D eigenvalue weighted by molar-refractivity contribution is -0.121. The zero-order chi connectivity index (χ0) is 22.1. The maximum absolute atomic E-state index is 13.3. The minimum Gasteiger partial charge on any atom is -0.384 e. The number of carbonyl (C=O) groups excluding carboxylic acids is 2. The Hall–Kier alpha value is -3.08. The average molecular weight is 444 g/mol. The number of likely N-dealkylation sites (N-methyl/N-ethyl adjacent to an activating group) is 1. The second-order valence-electron chi connectivity index (χ2n) is 6.65. The fourth-order valence-corrected chi connectivity index (χ4v) is 3.29. The highest BCUT2D eigenvalue weighted by atomic mass is 35.5. The second kappa shape index (κ2) is 8.34. The van der Waals surface area contributed by atoms with Gasteiger partial charge in [0.25, 0.3) is 6.43 Å². The van der Waals surface area contributed by atoms with Crippen LogP contribution >= 0.6 is 11.6 Å². The first kappa shape index (κ1) is 21.6. The van der Waals surface area contributed by atoms with E-state index in [0.29, 0.717) is 23.1 Å². The molecule has 0 atom stereocenters. The van der Waals surface area contributed by atoms with Crippen molar-refractivity contribution in [1.29, 1.82) is 0 Å². The number of hydrogen-bond donors (Lipinski definition) is 2. The topological polar surface area (TPSA) is 112 Å². The zero-order valence-electron chi connectivity index (χ0n) is 15.7. The third-order valence-electron chi connectivity index (χ3n) is 4.73. The van der Waals surface area contributed by atoms with E-state index in [9.17, 15) is 22.8 Å². The van der Waals surface area contributed by atoms with E-state index in [-0.39, 0.29) is 10.9 Å². The number of alkyl halides is 2. The molecule has 1 aromatic heterocycles. The second-order valence-corrected chi connectivity index (χ2v) is 7.05. The predicted molar refractivity (Wildman–Crippen MR) is 101 cm³/mol. The molecule has 1 heterocycles. The Kier molecular flexibility index (Phi) is 6.01. The van der Waals surface area contributed by atoms with Gasteiger partial charge in [0.2, 0.25) is 5.91 Å². The molecule has 0 spiro atoms. The molecule has 30 heavy (non-hydrogen) atoms. The van der Waals surface area contributed by atoms with Crippen molar-refractivity contribution < 1.29 is 27.6 Å². The number of rotatable bonds is 7. The van der Waals surface area contributed by atoms with Crippen molar-refractivity contribution in [3.63, 3.8) is 0 Å². The third-order valence-corrected chi connectivity index (χ3v) is 5.04. The molecule has 160 valence electrons. The minimum atomic E-state index is -2.97. The number of aromatic nitrogens is 2. The van der Waals surface area contributed by atoms with Crippen LogP contribution in [-0.2, 0) is 21.6 Å². The SMILES string of the molecule is CNC(=O)Cn1nc(C(=O)O/N=C(\N)C2(c3ccc(F)cc3Cl)CC2)cc1C(F)F. The summed E-state index contributed by atoms with van der Waals surface area (Å²) in [6.07, 6.45) is -1.85. The highest BCUT2D eigenvalue weighted by molar-refractivity contribution is 6.32. The van der Waals surface area contributed by atoms with Crippen LogP contribution in [0.1, 0.15) is 41.0 Å². The maximum atomic E-state index is 13.3. The predicted octanol–water partition coefficient (Wildman–Crippen LogP) is 2.52. The number of carbonyl (C=O) groups is 2. The summed E-state index contributed by atoms with van der Waals surface area (Å²) < 4.78 is 40.3. The molecule has 0 bridgehead atoms. The summed E-state index contributed by atoms with van der Waals surface area (Å²) in [7, 11) is 1.33. The van der Waals surface area contributed by atoms with Crippen LogP contribution in [0.2, 0.25) is 5.02 Å². The summed E-state index contributed by atoms with van der Waals surface area (Å²) >= 11 is 6.09. The molecule has 0 radical (unpaired) electrons. The van der Waals surface area contributed by atoms with Crippen molar-refractivity contribution in [3.05, 3.63) is 52.1 Å². The van der Waals surface area contributed by atoms with Gasteiger partial charge in [-0.3, -0.25) is 9.48 Å². The highest BCUT2D eigenvalue weighted by Gasteiger charge is 2.50. The van der Waals surface area contributed by atoms with E-state index >= 15 is 0 Å². The number of nitrogens with two attached hydrogens (primary N) is 1. The molecule has 1 aliphatic carbocycles. The lowest BCUT2D eigenvalue weighted by Gasteiger charge is -2.16. The molecule has 0 saturated heterocycles. The normalized spacial score (nSPS) is 15.2. The number of benzene rings is 1. The number of nitrogens with one attached hydrogen (secondary N) is 1. The molecular formula is C18H17ClF3N5O3. The maximum Gasteiger partial charge on any atom is 0.385 e. The van der Waals surface area contributed by atoms with E-state index in [1.54, 1.807) is 0 Å². The smallest absolute Gasteiger partial charge is 0.384 e. The minimum absolute atomic E-state index is 0.0664. The molecule has 1 aliphatic rings. The summed E-state index contributed by atoms with van der Waals surface area (Å²) in [4.78, 5) is 28.4. The average Bonchev–Trinajstić information content (AvgIpc) is 3.39. The molecule has 1 aromatic carbocycles. The van der Waals surface area contributed by atoms with Crippen molar-refractivity contribution >= 4 is 29.3 Å². The van der Waals surface area contributed by atoms with Gasteiger partial charge in [-0.2, -0.15) is 5.10 Å². The Morgan fingerprint density at radius 3 is 2.67 bits per heavy atom. The number of hydrogen-bond acceptors (Lipinski definition) is 5. The molecule has 0 aliphatic heterocycles. The molecule has 1 saturated carbocycles. The fourth-order valence-electron chi connectivity index (χ4n) is 2.94. The van der Waals surface area contributed by atoms with Crippen LogP contribution in [0.5, 0.6) is 0 Å². The van der Waals surface area contributed by atoms with Gasteiger partial charge in [-0.05, 0) is 30.5 Å². The summed E-state index contributed by atoms with van der Waals surface area (Å²) in [5.41, 5.74) is 4.63. The zero-order valence-corrected chi connectivity index (χ0v) is 16.4. The molecule has 2 aromatic rings. The van der Waals surface area contributed by atoms with Gasteiger partial charge >= 0.3 is 5.97 Å². The summed E-state index contributed by atoms with van der Waals surface area (Å²) in [5, 5.41) is 9.73. The lowest BCUT2D eigenvalue weighted by atomic mass is 9.95. The van der Waals surface area contributed by atoms with Gasteiger partial charge in [-0.25, -0.2) is 18.0 Å². The van der Waals surface area contributed by atoms with E-state index in [1.807, 2.05) is 0 Å². The quantitative estimate of drug-likeness (QED) is 0.295. The van der Waals surface area contributed by atoms with Crippen LogP contribution in [0.25, 0.3) is 0 Å². The fraction of sp³-hybridized carbons (Fsp3) is 0.333. The van der Waals surface area contributed by atoms with Crippen LogP contribution in [0.3, 0.4) is 0 Å². The van der Waals surface area contributed by atoms with Gasteiger partial charge in [-0.1, -0.05) is 22.8 Å². The molecule has 1 fully saturated rings. The van der Waals surface area contributed by atoms with E-state index < -0.39 is 47.5 Å². The molecule has 8 nitrogen and oxygen atoms in total. The number of amidine groups is 1. The largest absolute Gasteiger partial charge is 0.385 e. The van der Waals surface area contributed by atoms with Crippen LogP contribution in [-0.4, -0.2) is 34.5 Å². The highest BCUT2D eigenvalue weighted by Crippen LogP contribution is 2.50. The lowest BCUT2D eigenvalue weighted by Crippen LogP contribution is -2.30. The van der Waals surface area contributed by atoms with Crippen molar-refractivity contribution in [2.75, 3.05) is 7.05 Å². The van der Waals surface area contributed by atoms with Crippen LogP contribution < -0.4 is 11.1 Å². The molecule has 3 rings (SSSR count). The van der Waals surface area contributed by atoms with Crippen LogP contribution in [0.4, 0.5) is 13.2 Å². The van der Waals surface area contributed by atoms with Gasteiger partial charge in [0.1, 0.15) is 18.1 Å². The van der Waals surface area contributed by atoms with Crippen molar-refractivity contribution in [1.82, 2.24) is 15.1 Å². The molecule has 0 unspecified atom stereocenters. The van der Waals surface area contributed by atoms with Crippen molar-refractivity contribution in [2.45, 2.75) is 31.2 Å². The Morgan fingerprint density at radius 1 is 1.40 bits per heavy atom. The van der Waals surface area contributed by atoms with Gasteiger partial charge in [0.15, 0.2) is 11.5 Å². The summed E-state index contributed by atoms with van der Waals surface area (Å²) in [6, 6.07) is 4.66. The molecule has 12 heteroatoms. The number of halogens is 4. The molecule has 3 N–H and O–H groups in total. The Morgan fingerprint density at radius 2 is 2.10 bits per heavy atom. The Bertz CT molecular complexity index is 1020. The van der Waals surface area contributed by atoms with E-state index in [0.717, 1.165) is 12.1 Å². The molecule has 1 amide bonds. The summed E-state index contributed by atoms with van der Waals surface area (Å²) in [5.74, 6) is -2.28. The van der Waals surface area contributed by atoms with E-state index in [1.165, 1.54) is 19.2 Å². The van der Waals surface area contributed by atoms with Gasteiger partial charge in [0, 0.05) is 18.1 Å². The number of nitrogens with zero attached hydrogens (tertiary/aromatic N) is 3. The van der Waals surface area contributed by atoms with Gasteiger partial charge in [0.05, 0.1) is 5.41 Å². The first-order chi connectivity index (χ1) is 14.2. The molecular weight excluding hydrogens is 427 g/mol. The number of oxime groups is 1. The van der Waals surface area contributed by atoms with Crippen molar-refractivity contribution in [3.8, 4) is 0 Å². The van der Waals surface area contributed by atoms with E-state index in [2.05, 4.69) is 15.6 Å². The Balaban J connectivity index is 1.78. The van der Waals surface area contributed by atoms with Crippen molar-refractivity contribution in [2.24, 2.45) is 10.9 Å². The van der Waals surface area contributed by atoms with Gasteiger partial charge < -0.3 is 15.9 Å². The summed E-state index contributed by atoms with van der Waals surface area (Å²) in [6.45, 7) is -0.499. The standard InChI is InChI=1S/C18H17ClF3N5O3/c1-24-14(28)8-27-13(15(21)22)7-12(25-27)16(29)30-26-17(23)18(4-5-18)10-3-2-9(20)6-11(10)19/h2-3,6-7,15H,4-5,8H2,1H3,(H2,23,26)(H,24,28). The number of amides is 1. The first-order valence-electron chi connectivity index (χ1n) is 8.75. The van der Waals surface area contributed by atoms with E-state index in [4.69, 9.17) is 22.2 Å². The Labute approximate surface area is 173 Å². The van der Waals surface area contributed by atoms with Crippen LogP contribution in [0, 0.1) is 5.82 Å². The monoisotopic (exact) mass is 443 g/mol. The van der Waals surface area contributed by atoms with Gasteiger partial charge in [-0.15, -0.1) is 0 Å². The van der Waals surface area contributed by atoms with Crippen LogP contribution in [0.15, 0.2) is 29.4 Å². The first-order valence-corrected chi connectivity index (χ1v) is 9.13. The third kappa shape index (κ3) is 4.25.